The molecule has 376 valence electrons. The molecule has 0 saturated carbocycles. The fraction of sp³-hybridized carbons (Fsp3) is 0.736. The van der Waals surface area contributed by atoms with E-state index in [2.05, 4.69) is 73.9 Å². The summed E-state index contributed by atoms with van der Waals surface area (Å²) in [7, 11) is -4.68. The molecule has 0 aromatic rings. The Morgan fingerprint density at radius 3 is 1.51 bits per heavy atom. The Bertz CT molecular complexity index is 1340. The highest BCUT2D eigenvalue weighted by Crippen LogP contribution is 2.43. The largest absolute Gasteiger partial charge is 0.472 e. The van der Waals surface area contributed by atoms with Gasteiger partial charge in [-0.05, 0) is 50.9 Å². The van der Waals surface area contributed by atoms with Crippen molar-refractivity contribution in [3.05, 3.63) is 72.9 Å². The van der Waals surface area contributed by atoms with Crippen LogP contribution in [0.25, 0.3) is 0 Å². The molecule has 0 aliphatic heterocycles. The predicted octanol–water partition coefficient (Wildman–Crippen LogP) is 13.2. The van der Waals surface area contributed by atoms with Crippen LogP contribution in [0.3, 0.4) is 0 Å². The Labute approximate surface area is 395 Å². The molecule has 0 spiro atoms. The lowest BCUT2D eigenvalue weighted by Crippen LogP contribution is -2.30. The van der Waals surface area contributed by atoms with Crippen LogP contribution in [0, 0.1) is 5.92 Å². The second-order valence-corrected chi connectivity index (χ2v) is 18.7. The smallest absolute Gasteiger partial charge is 0.462 e. The Kier molecular flexibility index (Phi) is 44.6. The quantitative estimate of drug-likeness (QED) is 0.0151. The first kappa shape index (κ1) is 62.4. The topological polar surface area (TPSA) is 169 Å². The molecule has 11 nitrogen and oxygen atoms in total. The van der Waals surface area contributed by atoms with Crippen molar-refractivity contribution in [2.75, 3.05) is 26.4 Å². The molecule has 0 aliphatic rings. The van der Waals surface area contributed by atoms with Crippen molar-refractivity contribution in [3.8, 4) is 0 Å². The Hall–Kier alpha value is -2.63. The van der Waals surface area contributed by atoms with E-state index in [0.29, 0.717) is 6.42 Å². The maximum atomic E-state index is 12.7. The minimum Gasteiger partial charge on any atom is -0.462 e. The second kappa shape index (κ2) is 46.5. The number of carbonyl (C=O) groups excluding carboxylic acids is 2. The Balaban J connectivity index is 4.37. The monoisotopic (exact) mass is 937 g/mol. The molecule has 4 N–H and O–H groups in total. The lowest BCUT2D eigenvalue weighted by atomic mass is 9.99. The molecule has 5 atom stereocenters. The highest BCUT2D eigenvalue weighted by Gasteiger charge is 2.27. The maximum Gasteiger partial charge on any atom is 0.472 e. The Morgan fingerprint density at radius 2 is 1.02 bits per heavy atom. The fourth-order valence-electron chi connectivity index (χ4n) is 6.73. The van der Waals surface area contributed by atoms with E-state index in [-0.39, 0.29) is 19.3 Å². The first-order valence-electron chi connectivity index (χ1n) is 25.4. The van der Waals surface area contributed by atoms with Gasteiger partial charge in [0, 0.05) is 12.8 Å². The number of rotatable bonds is 46. The van der Waals surface area contributed by atoms with Gasteiger partial charge in [0.15, 0.2) is 6.10 Å². The molecule has 0 aliphatic carbocycles. The molecule has 0 rings (SSSR count). The van der Waals surface area contributed by atoms with Crippen LogP contribution in [0.4, 0.5) is 0 Å². The van der Waals surface area contributed by atoms with E-state index < -0.39 is 64.5 Å². The molecule has 0 aromatic heterocycles. The molecule has 0 saturated heterocycles. The third-order valence-corrected chi connectivity index (χ3v) is 12.0. The molecule has 3 unspecified atom stereocenters. The summed E-state index contributed by atoms with van der Waals surface area (Å²) >= 11 is 0. The van der Waals surface area contributed by atoms with Gasteiger partial charge in [-0.1, -0.05) is 216 Å². The highest BCUT2D eigenvalue weighted by atomic mass is 31.2. The van der Waals surface area contributed by atoms with Crippen LogP contribution in [-0.4, -0.2) is 76.9 Å². The molecule has 65 heavy (non-hydrogen) atoms. The zero-order chi connectivity index (χ0) is 47.9. The zero-order valence-corrected chi connectivity index (χ0v) is 41.9. The van der Waals surface area contributed by atoms with Crippen LogP contribution < -0.4 is 0 Å². The van der Waals surface area contributed by atoms with Crippen LogP contribution >= 0.6 is 7.82 Å². The molecule has 0 fully saturated rings. The van der Waals surface area contributed by atoms with Gasteiger partial charge >= 0.3 is 19.8 Å². The molecular weight excluding hydrogens is 844 g/mol. The zero-order valence-electron chi connectivity index (χ0n) is 41.0. The average molecular weight is 937 g/mol. The summed E-state index contributed by atoms with van der Waals surface area (Å²) in [4.78, 5) is 35.2. The van der Waals surface area contributed by atoms with E-state index in [1.807, 2.05) is 12.2 Å². The number of aliphatic hydroxyl groups is 3. The van der Waals surface area contributed by atoms with Gasteiger partial charge in [0.2, 0.25) is 0 Å². The standard InChI is InChI=1S/C53H93O11P/c1-4-6-7-8-9-10-11-12-13-19-22-25-28-31-34-37-40-49(55)42-43-52(57)61-46-51(47-63-65(59,60)62-45-50(56)44-54)64-53(58)41-38-35-32-29-26-23-20-17-15-14-16-18-21-24-27-30-33-36-39-48(3)5-2/h6-7,9-10,12-13,22,25,31,34,37,40,48-51,54-56H,4-5,8,11,14-21,23-24,26-30,32-33,35-36,38-39,41-47H2,1-3H3,(H,59,60)/b7-6-,10-9-,13-12-,25-22-,34-31-,40-37-/t48?,49?,50-,51+/m0/s1. The van der Waals surface area contributed by atoms with Crippen molar-refractivity contribution in [3.63, 3.8) is 0 Å². The van der Waals surface area contributed by atoms with Crippen LogP contribution in [0.15, 0.2) is 72.9 Å². The number of allylic oxidation sites excluding steroid dienone is 11. The lowest BCUT2D eigenvalue weighted by molar-refractivity contribution is -0.161. The summed E-state index contributed by atoms with van der Waals surface area (Å²) in [6, 6.07) is 0. The van der Waals surface area contributed by atoms with Crippen LogP contribution in [0.1, 0.15) is 201 Å². The SMILES string of the molecule is CC/C=C\C/C=C\C/C=C\C/C=C\C/C=C\C=C/C(O)CCC(=O)OC[C@H](COP(=O)(O)OC[C@@H](O)CO)OC(=O)CCCCCCCCCCCCCCCCCCCCC(C)CC. The van der Waals surface area contributed by atoms with E-state index in [0.717, 1.165) is 57.3 Å². The number of phosphoric acid groups is 1. The summed E-state index contributed by atoms with van der Waals surface area (Å²) in [6.45, 7) is 4.40. The van der Waals surface area contributed by atoms with Crippen LogP contribution in [-0.2, 0) is 32.7 Å². The number of hydrogen-bond acceptors (Lipinski definition) is 10. The molecule has 12 heteroatoms. The first-order chi connectivity index (χ1) is 31.5. The average Bonchev–Trinajstić information content (AvgIpc) is 3.29. The van der Waals surface area contributed by atoms with Gasteiger partial charge in [0.25, 0.3) is 0 Å². The summed E-state index contributed by atoms with van der Waals surface area (Å²) < 4.78 is 32.7. The van der Waals surface area contributed by atoms with Crippen molar-refractivity contribution < 1.29 is 52.9 Å². The van der Waals surface area contributed by atoms with Gasteiger partial charge < -0.3 is 29.7 Å². The van der Waals surface area contributed by atoms with Crippen molar-refractivity contribution in [1.82, 2.24) is 0 Å². The van der Waals surface area contributed by atoms with Crippen LogP contribution in [0.5, 0.6) is 0 Å². The number of unbranched alkanes of at least 4 members (excludes halogenated alkanes) is 17. The van der Waals surface area contributed by atoms with E-state index in [4.69, 9.17) is 19.1 Å². The van der Waals surface area contributed by atoms with Crippen molar-refractivity contribution in [2.24, 2.45) is 5.92 Å². The van der Waals surface area contributed by atoms with Gasteiger partial charge in [0.1, 0.15) is 12.7 Å². The predicted molar refractivity (Wildman–Crippen MR) is 266 cm³/mol. The number of hydrogen-bond donors (Lipinski definition) is 4. The number of aliphatic hydroxyl groups excluding tert-OH is 3. The molecule has 0 aromatic carbocycles. The molecule has 0 heterocycles. The lowest BCUT2D eigenvalue weighted by Gasteiger charge is -2.20. The summed E-state index contributed by atoms with van der Waals surface area (Å²) in [5.41, 5.74) is 0. The van der Waals surface area contributed by atoms with Crippen molar-refractivity contribution >= 4 is 19.8 Å². The normalized spacial score (nSPS) is 15.2. The van der Waals surface area contributed by atoms with Crippen LogP contribution in [0.2, 0.25) is 0 Å². The minimum absolute atomic E-state index is 0.104. The van der Waals surface area contributed by atoms with E-state index >= 15 is 0 Å². The molecular formula is C53H93O11P. The van der Waals surface area contributed by atoms with E-state index in [1.54, 1.807) is 12.2 Å². The second-order valence-electron chi connectivity index (χ2n) is 17.3. The number of esters is 2. The molecule has 0 amide bonds. The highest BCUT2D eigenvalue weighted by molar-refractivity contribution is 7.47. The van der Waals surface area contributed by atoms with Gasteiger partial charge in [-0.25, -0.2) is 4.57 Å². The van der Waals surface area contributed by atoms with Gasteiger partial charge in [-0.15, -0.1) is 0 Å². The molecule has 0 bridgehead atoms. The third-order valence-electron chi connectivity index (χ3n) is 11.0. The fourth-order valence-corrected chi connectivity index (χ4v) is 7.52. The van der Waals surface area contributed by atoms with Gasteiger partial charge in [0.05, 0.1) is 25.9 Å². The van der Waals surface area contributed by atoms with Gasteiger partial charge in [-0.2, -0.15) is 0 Å². The summed E-state index contributed by atoms with van der Waals surface area (Å²) in [5, 5.41) is 28.7. The van der Waals surface area contributed by atoms with Gasteiger partial charge in [-0.3, -0.25) is 18.6 Å². The van der Waals surface area contributed by atoms with E-state index in [9.17, 15) is 29.3 Å². The number of ether oxygens (including phenoxy) is 2. The minimum atomic E-state index is -4.68. The number of carbonyl (C=O) groups is 2. The first-order valence-corrected chi connectivity index (χ1v) is 26.9. The van der Waals surface area contributed by atoms with Crippen molar-refractivity contribution in [1.29, 1.82) is 0 Å². The maximum absolute atomic E-state index is 12.7. The third kappa shape index (κ3) is 46.3. The summed E-state index contributed by atoms with van der Waals surface area (Å²) in [5.74, 6) is -0.320. The van der Waals surface area contributed by atoms with E-state index in [1.165, 1.54) is 103 Å². The molecule has 0 radical (unpaired) electrons. The summed E-state index contributed by atoms with van der Waals surface area (Å²) in [6.07, 6.45) is 50.5. The number of phosphoric ester groups is 1. The Morgan fingerprint density at radius 1 is 0.554 bits per heavy atom. The van der Waals surface area contributed by atoms with Crippen molar-refractivity contribution in [2.45, 2.75) is 219 Å².